The normalized spacial score (nSPS) is 13.5. The summed E-state index contributed by atoms with van der Waals surface area (Å²) in [6.07, 6.45) is -0.925. The number of nitrogens with zero attached hydrogens (tertiary/aromatic N) is 1. The Morgan fingerprint density at radius 1 is 0.870 bits per heavy atom. The molecule has 114 valence electrons. The van der Waals surface area contributed by atoms with Gasteiger partial charge in [-0.25, -0.2) is 0 Å². The second-order valence-electron chi connectivity index (χ2n) is 5.29. The molecular formula is C19H13Br2NO. The van der Waals surface area contributed by atoms with Crippen LogP contribution in [0.2, 0.25) is 0 Å². The first-order valence-electron chi connectivity index (χ1n) is 7.12. The van der Waals surface area contributed by atoms with Gasteiger partial charge < -0.3 is 5.11 Å². The molecule has 3 aromatic rings. The lowest BCUT2D eigenvalue weighted by Gasteiger charge is -2.20. The van der Waals surface area contributed by atoms with Crippen LogP contribution >= 0.6 is 31.9 Å². The molecule has 3 aromatic carbocycles. The van der Waals surface area contributed by atoms with E-state index in [0.29, 0.717) is 5.56 Å². The van der Waals surface area contributed by atoms with Gasteiger partial charge in [-0.15, -0.1) is 0 Å². The maximum Gasteiger partial charge on any atom is 0.101 e. The first-order chi connectivity index (χ1) is 11.1. The molecule has 0 amide bonds. The van der Waals surface area contributed by atoms with Gasteiger partial charge in [0.05, 0.1) is 6.07 Å². The van der Waals surface area contributed by atoms with E-state index in [9.17, 15) is 10.4 Å². The largest absolute Gasteiger partial charge is 0.387 e. The first kappa shape index (κ1) is 16.2. The van der Waals surface area contributed by atoms with Gasteiger partial charge >= 0.3 is 0 Å². The number of aliphatic hydroxyl groups is 1. The second-order valence-corrected chi connectivity index (χ2v) is 7.00. The molecule has 0 spiro atoms. The lowest BCUT2D eigenvalue weighted by atomic mass is 9.89. The summed E-state index contributed by atoms with van der Waals surface area (Å²) in [6.45, 7) is 0. The van der Waals surface area contributed by atoms with E-state index < -0.39 is 12.0 Å². The zero-order valence-electron chi connectivity index (χ0n) is 12.1. The van der Waals surface area contributed by atoms with Crippen LogP contribution in [-0.2, 0) is 0 Å². The summed E-state index contributed by atoms with van der Waals surface area (Å²) in [4.78, 5) is 0. The number of rotatable bonds is 3. The SMILES string of the molecule is N#C[C@@H](c1ccc2ccccc2c1)[C@@H](O)c1c(Br)cccc1Br. The molecule has 0 unspecified atom stereocenters. The monoisotopic (exact) mass is 429 g/mol. The molecule has 0 fully saturated rings. The van der Waals surface area contributed by atoms with E-state index in [-0.39, 0.29) is 0 Å². The quantitative estimate of drug-likeness (QED) is 0.578. The fraction of sp³-hybridized carbons (Fsp3) is 0.105. The van der Waals surface area contributed by atoms with Crippen LogP contribution in [0.4, 0.5) is 0 Å². The van der Waals surface area contributed by atoms with Gasteiger partial charge in [0.25, 0.3) is 0 Å². The third-order valence-electron chi connectivity index (χ3n) is 3.88. The van der Waals surface area contributed by atoms with Gasteiger partial charge in [-0.2, -0.15) is 5.26 Å². The zero-order valence-corrected chi connectivity index (χ0v) is 15.3. The molecule has 2 atom stereocenters. The Balaban J connectivity index is 2.06. The van der Waals surface area contributed by atoms with E-state index in [1.165, 1.54) is 0 Å². The molecule has 0 aliphatic heterocycles. The van der Waals surface area contributed by atoms with Crippen molar-refractivity contribution in [1.82, 2.24) is 0 Å². The number of halogens is 2. The molecule has 0 heterocycles. The highest BCUT2D eigenvalue weighted by Gasteiger charge is 2.26. The molecule has 0 aromatic heterocycles. The van der Waals surface area contributed by atoms with Crippen molar-refractivity contribution in [2.45, 2.75) is 12.0 Å². The van der Waals surface area contributed by atoms with Crippen LogP contribution in [-0.4, -0.2) is 5.11 Å². The average molecular weight is 431 g/mol. The van der Waals surface area contributed by atoms with E-state index in [1.54, 1.807) is 0 Å². The van der Waals surface area contributed by atoms with Crippen LogP contribution in [0.1, 0.15) is 23.1 Å². The fourth-order valence-corrected chi connectivity index (χ4v) is 4.16. The highest BCUT2D eigenvalue weighted by Crippen LogP contribution is 2.39. The maximum absolute atomic E-state index is 10.8. The van der Waals surface area contributed by atoms with Crippen molar-refractivity contribution >= 4 is 42.6 Å². The minimum Gasteiger partial charge on any atom is -0.387 e. The third-order valence-corrected chi connectivity index (χ3v) is 5.27. The van der Waals surface area contributed by atoms with Crippen LogP contribution < -0.4 is 0 Å². The second kappa shape index (κ2) is 6.84. The molecule has 0 aliphatic carbocycles. The number of nitriles is 1. The Hall–Kier alpha value is -1.67. The van der Waals surface area contributed by atoms with Crippen LogP contribution in [0.25, 0.3) is 10.8 Å². The van der Waals surface area contributed by atoms with Gasteiger partial charge in [0, 0.05) is 14.5 Å². The molecular weight excluding hydrogens is 418 g/mol. The summed E-state index contributed by atoms with van der Waals surface area (Å²) in [7, 11) is 0. The molecule has 23 heavy (non-hydrogen) atoms. The van der Waals surface area contributed by atoms with E-state index >= 15 is 0 Å². The summed E-state index contributed by atoms with van der Waals surface area (Å²) in [6, 6.07) is 21.7. The minimum absolute atomic E-state index is 0.644. The van der Waals surface area contributed by atoms with Crippen molar-refractivity contribution in [1.29, 1.82) is 5.26 Å². The van der Waals surface area contributed by atoms with Crippen molar-refractivity contribution in [3.8, 4) is 6.07 Å². The standard InChI is InChI=1S/C19H13Br2NO/c20-16-6-3-7-17(21)18(16)19(23)15(11-22)14-9-8-12-4-1-2-5-13(12)10-14/h1-10,15,19,23H/t15-,19+/m0/s1. The third kappa shape index (κ3) is 3.18. The number of benzene rings is 3. The van der Waals surface area contributed by atoms with E-state index in [2.05, 4.69) is 37.9 Å². The van der Waals surface area contributed by atoms with Gasteiger partial charge in [0.1, 0.15) is 12.0 Å². The number of aliphatic hydroxyl groups excluding tert-OH is 1. The number of hydrogen-bond acceptors (Lipinski definition) is 2. The summed E-state index contributed by atoms with van der Waals surface area (Å²) >= 11 is 6.92. The van der Waals surface area contributed by atoms with Gasteiger partial charge in [-0.05, 0) is 34.5 Å². The molecule has 4 heteroatoms. The van der Waals surface area contributed by atoms with Crippen LogP contribution in [0.5, 0.6) is 0 Å². The lowest BCUT2D eigenvalue weighted by Crippen LogP contribution is -2.10. The Labute approximate surface area is 151 Å². The average Bonchev–Trinajstić information content (AvgIpc) is 2.55. The topological polar surface area (TPSA) is 44.0 Å². The van der Waals surface area contributed by atoms with Gasteiger partial charge in [0.2, 0.25) is 0 Å². The number of hydrogen-bond donors (Lipinski definition) is 1. The van der Waals surface area contributed by atoms with E-state index in [1.807, 2.05) is 60.7 Å². The molecule has 0 saturated carbocycles. The van der Waals surface area contributed by atoms with Crippen molar-refractivity contribution in [2.75, 3.05) is 0 Å². The van der Waals surface area contributed by atoms with Crippen LogP contribution in [0.3, 0.4) is 0 Å². The van der Waals surface area contributed by atoms with Gasteiger partial charge in [-0.3, -0.25) is 0 Å². The first-order valence-corrected chi connectivity index (χ1v) is 8.70. The summed E-state index contributed by atoms with van der Waals surface area (Å²) in [5.74, 6) is -0.644. The Kier molecular flexibility index (Phi) is 4.82. The van der Waals surface area contributed by atoms with Crippen molar-refractivity contribution in [3.05, 3.63) is 80.7 Å². The van der Waals surface area contributed by atoms with E-state index in [0.717, 1.165) is 25.3 Å². The Bertz CT molecular complexity index is 881. The molecule has 3 rings (SSSR count). The van der Waals surface area contributed by atoms with Crippen molar-refractivity contribution < 1.29 is 5.11 Å². The molecule has 0 bridgehead atoms. The molecule has 0 radical (unpaired) electrons. The van der Waals surface area contributed by atoms with Crippen molar-refractivity contribution in [2.24, 2.45) is 0 Å². The highest BCUT2D eigenvalue weighted by atomic mass is 79.9. The molecule has 0 aliphatic rings. The maximum atomic E-state index is 10.8. The smallest absolute Gasteiger partial charge is 0.101 e. The van der Waals surface area contributed by atoms with E-state index in [4.69, 9.17) is 0 Å². The number of fused-ring (bicyclic) bond motifs is 1. The Morgan fingerprint density at radius 2 is 1.52 bits per heavy atom. The lowest BCUT2D eigenvalue weighted by molar-refractivity contribution is 0.162. The summed E-state index contributed by atoms with van der Waals surface area (Å²) in [5, 5.41) is 22.6. The predicted molar refractivity (Wildman–Crippen MR) is 99.1 cm³/mol. The Morgan fingerprint density at radius 3 is 2.17 bits per heavy atom. The molecule has 1 N–H and O–H groups in total. The molecule has 2 nitrogen and oxygen atoms in total. The van der Waals surface area contributed by atoms with Gasteiger partial charge in [0.15, 0.2) is 0 Å². The van der Waals surface area contributed by atoms with Gasteiger partial charge in [-0.1, -0.05) is 74.3 Å². The van der Waals surface area contributed by atoms with Crippen LogP contribution in [0.15, 0.2) is 69.6 Å². The zero-order chi connectivity index (χ0) is 16.4. The highest BCUT2D eigenvalue weighted by molar-refractivity contribution is 9.11. The summed E-state index contributed by atoms with van der Waals surface area (Å²) in [5.41, 5.74) is 1.49. The predicted octanol–water partition coefficient (Wildman–Crippen LogP) is 5.71. The van der Waals surface area contributed by atoms with Crippen molar-refractivity contribution in [3.63, 3.8) is 0 Å². The minimum atomic E-state index is -0.925. The van der Waals surface area contributed by atoms with Crippen LogP contribution in [0, 0.1) is 11.3 Å². The molecule has 0 saturated heterocycles. The fourth-order valence-electron chi connectivity index (χ4n) is 2.69. The summed E-state index contributed by atoms with van der Waals surface area (Å²) < 4.78 is 1.56.